The summed E-state index contributed by atoms with van der Waals surface area (Å²) >= 11 is 0. The number of rotatable bonds is 2. The highest BCUT2D eigenvalue weighted by Gasteiger charge is 2.30. The molecule has 0 aromatic carbocycles. The third-order valence-corrected chi connectivity index (χ3v) is 1.85. The van der Waals surface area contributed by atoms with E-state index >= 15 is 0 Å². The lowest BCUT2D eigenvalue weighted by Gasteiger charge is -2.25. The first-order valence-electron chi connectivity index (χ1n) is 3.71. The van der Waals surface area contributed by atoms with Crippen LogP contribution in [0, 0.1) is 5.92 Å². The number of ether oxygens (including phenoxy) is 1. The first kappa shape index (κ1) is 8.27. The summed E-state index contributed by atoms with van der Waals surface area (Å²) in [4.78, 5) is 11.0. The van der Waals surface area contributed by atoms with E-state index in [4.69, 9.17) is 4.74 Å². The van der Waals surface area contributed by atoms with Gasteiger partial charge >= 0.3 is 5.97 Å². The van der Waals surface area contributed by atoms with Gasteiger partial charge in [0.15, 0.2) is 0 Å². The van der Waals surface area contributed by atoms with Gasteiger partial charge in [-0.1, -0.05) is 6.08 Å². The zero-order valence-corrected chi connectivity index (χ0v) is 6.32. The quantitative estimate of drug-likeness (QED) is 0.467. The van der Waals surface area contributed by atoms with Gasteiger partial charge in [0.2, 0.25) is 0 Å². The molecule has 1 saturated heterocycles. The molecule has 0 saturated carbocycles. The lowest BCUT2D eigenvalue weighted by molar-refractivity contribution is -0.160. The normalized spacial score (nSPS) is 31.2. The lowest BCUT2D eigenvalue weighted by atomic mass is 9.95. The van der Waals surface area contributed by atoms with Crippen molar-refractivity contribution in [2.75, 3.05) is 6.61 Å². The molecular formula is C8H12O3. The van der Waals surface area contributed by atoms with Crippen LogP contribution in [-0.2, 0) is 9.53 Å². The second-order valence-corrected chi connectivity index (χ2v) is 2.65. The average Bonchev–Trinajstić information content (AvgIpc) is 1.97. The maximum absolute atomic E-state index is 11.0. The number of allylic oxidation sites excluding steroid dienone is 1. The largest absolute Gasteiger partial charge is 0.465 e. The van der Waals surface area contributed by atoms with Crippen LogP contribution in [0.3, 0.4) is 0 Å². The van der Waals surface area contributed by atoms with Crippen molar-refractivity contribution in [3.05, 3.63) is 12.7 Å². The minimum absolute atomic E-state index is 0.302. The highest BCUT2D eigenvalue weighted by Crippen LogP contribution is 2.19. The highest BCUT2D eigenvalue weighted by atomic mass is 16.5. The Labute approximate surface area is 65.7 Å². The van der Waals surface area contributed by atoms with Gasteiger partial charge in [-0.05, 0) is 6.42 Å². The van der Waals surface area contributed by atoms with Crippen LogP contribution in [-0.4, -0.2) is 23.8 Å². The number of hydrogen-bond donors (Lipinski definition) is 1. The van der Waals surface area contributed by atoms with E-state index in [0.29, 0.717) is 19.4 Å². The first-order valence-corrected chi connectivity index (χ1v) is 3.71. The standard InChI is InChI=1S/C8H12O3/c1-2-3-6-7(9)4-5-11-8(6)10/h2,6-7,9H,1,3-5H2. The Morgan fingerprint density at radius 1 is 1.82 bits per heavy atom. The number of aliphatic hydroxyl groups is 1. The SMILES string of the molecule is C=CCC1C(=O)OCCC1O. The summed E-state index contributed by atoms with van der Waals surface area (Å²) in [5.41, 5.74) is 0. The summed E-state index contributed by atoms with van der Waals surface area (Å²) in [6.07, 6.45) is 2.12. The molecule has 0 aromatic heterocycles. The third-order valence-electron chi connectivity index (χ3n) is 1.85. The number of hydrogen-bond acceptors (Lipinski definition) is 3. The first-order chi connectivity index (χ1) is 5.25. The molecule has 2 unspecified atom stereocenters. The second kappa shape index (κ2) is 3.53. The molecule has 0 bridgehead atoms. The van der Waals surface area contributed by atoms with E-state index in [1.807, 2.05) is 0 Å². The van der Waals surface area contributed by atoms with Crippen molar-refractivity contribution in [1.29, 1.82) is 0 Å². The molecule has 0 amide bonds. The fourth-order valence-electron chi connectivity index (χ4n) is 1.18. The van der Waals surface area contributed by atoms with Crippen LogP contribution in [0.25, 0.3) is 0 Å². The molecule has 1 aliphatic heterocycles. The minimum Gasteiger partial charge on any atom is -0.465 e. The fourth-order valence-corrected chi connectivity index (χ4v) is 1.18. The average molecular weight is 156 g/mol. The predicted molar refractivity (Wildman–Crippen MR) is 39.9 cm³/mol. The van der Waals surface area contributed by atoms with Crippen LogP contribution >= 0.6 is 0 Å². The molecule has 1 heterocycles. The van der Waals surface area contributed by atoms with Gasteiger partial charge in [-0.15, -0.1) is 6.58 Å². The molecule has 0 aliphatic carbocycles. The van der Waals surface area contributed by atoms with Crippen LogP contribution in [0.5, 0.6) is 0 Å². The molecule has 2 atom stereocenters. The molecule has 11 heavy (non-hydrogen) atoms. The zero-order valence-electron chi connectivity index (χ0n) is 6.32. The predicted octanol–water partition coefficient (Wildman–Crippen LogP) is 0.486. The number of carbonyl (C=O) groups excluding carboxylic acids is 1. The van der Waals surface area contributed by atoms with Crippen LogP contribution in [0.2, 0.25) is 0 Å². The van der Waals surface area contributed by atoms with E-state index in [1.165, 1.54) is 0 Å². The van der Waals surface area contributed by atoms with Crippen molar-refractivity contribution in [2.45, 2.75) is 18.9 Å². The van der Waals surface area contributed by atoms with Crippen LogP contribution in [0.4, 0.5) is 0 Å². The fraction of sp³-hybridized carbons (Fsp3) is 0.625. The smallest absolute Gasteiger partial charge is 0.311 e. The molecule has 1 N–H and O–H groups in total. The molecule has 0 aromatic rings. The number of aliphatic hydroxyl groups excluding tert-OH is 1. The van der Waals surface area contributed by atoms with Gasteiger partial charge in [0.05, 0.1) is 18.6 Å². The highest BCUT2D eigenvalue weighted by molar-refractivity contribution is 5.74. The Hall–Kier alpha value is -0.830. The maximum Gasteiger partial charge on any atom is 0.311 e. The van der Waals surface area contributed by atoms with Gasteiger partial charge in [0, 0.05) is 6.42 Å². The van der Waals surface area contributed by atoms with Crippen LogP contribution in [0.1, 0.15) is 12.8 Å². The van der Waals surface area contributed by atoms with E-state index in [0.717, 1.165) is 0 Å². The van der Waals surface area contributed by atoms with Crippen molar-refractivity contribution < 1.29 is 14.6 Å². The van der Waals surface area contributed by atoms with Gasteiger partial charge < -0.3 is 9.84 Å². The topological polar surface area (TPSA) is 46.5 Å². The third kappa shape index (κ3) is 1.80. The Bertz CT molecular complexity index is 165. The van der Waals surface area contributed by atoms with Gasteiger partial charge in [0.1, 0.15) is 0 Å². The van der Waals surface area contributed by atoms with Crippen molar-refractivity contribution in [3.63, 3.8) is 0 Å². The maximum atomic E-state index is 11.0. The van der Waals surface area contributed by atoms with Gasteiger partial charge in [-0.25, -0.2) is 0 Å². The molecule has 3 nitrogen and oxygen atoms in total. The number of esters is 1. The van der Waals surface area contributed by atoms with Crippen molar-refractivity contribution in [3.8, 4) is 0 Å². The number of carbonyl (C=O) groups is 1. The molecule has 0 radical (unpaired) electrons. The molecule has 62 valence electrons. The summed E-state index contributed by atoms with van der Waals surface area (Å²) in [5, 5.41) is 9.32. The van der Waals surface area contributed by atoms with Crippen molar-refractivity contribution in [2.24, 2.45) is 5.92 Å². The monoisotopic (exact) mass is 156 g/mol. The van der Waals surface area contributed by atoms with Crippen LogP contribution in [0.15, 0.2) is 12.7 Å². The number of cyclic esters (lactones) is 1. The van der Waals surface area contributed by atoms with Crippen LogP contribution < -0.4 is 0 Å². The van der Waals surface area contributed by atoms with E-state index < -0.39 is 6.10 Å². The molecule has 1 aliphatic rings. The molecule has 1 fully saturated rings. The Morgan fingerprint density at radius 2 is 2.55 bits per heavy atom. The van der Waals surface area contributed by atoms with Crippen molar-refractivity contribution in [1.82, 2.24) is 0 Å². The van der Waals surface area contributed by atoms with E-state index in [1.54, 1.807) is 6.08 Å². The summed E-state index contributed by atoms with van der Waals surface area (Å²) in [7, 11) is 0. The van der Waals surface area contributed by atoms with Crippen molar-refractivity contribution >= 4 is 5.97 Å². The van der Waals surface area contributed by atoms with Gasteiger partial charge in [-0.2, -0.15) is 0 Å². The van der Waals surface area contributed by atoms with E-state index in [-0.39, 0.29) is 11.9 Å². The Balaban J connectivity index is 2.54. The van der Waals surface area contributed by atoms with Gasteiger partial charge in [0.25, 0.3) is 0 Å². The van der Waals surface area contributed by atoms with E-state index in [2.05, 4.69) is 6.58 Å². The summed E-state index contributed by atoms with van der Waals surface area (Å²) < 4.78 is 4.77. The second-order valence-electron chi connectivity index (χ2n) is 2.65. The zero-order chi connectivity index (χ0) is 8.27. The molecule has 3 heteroatoms. The summed E-state index contributed by atoms with van der Waals surface area (Å²) in [6, 6.07) is 0. The van der Waals surface area contributed by atoms with Gasteiger partial charge in [-0.3, -0.25) is 4.79 Å². The Morgan fingerprint density at radius 3 is 3.09 bits per heavy atom. The molecule has 0 spiro atoms. The minimum atomic E-state index is -0.547. The molecular weight excluding hydrogens is 144 g/mol. The lowest BCUT2D eigenvalue weighted by Crippen LogP contribution is -2.35. The Kier molecular flexibility index (Phi) is 2.65. The summed E-state index contributed by atoms with van der Waals surface area (Å²) in [6.45, 7) is 3.85. The van der Waals surface area contributed by atoms with E-state index in [9.17, 15) is 9.90 Å². The summed E-state index contributed by atoms with van der Waals surface area (Å²) in [5.74, 6) is -0.690. The molecule has 1 rings (SSSR count).